The maximum Gasteiger partial charge on any atom is 0.261 e. The van der Waals surface area contributed by atoms with Crippen LogP contribution in [0.3, 0.4) is 0 Å². The van der Waals surface area contributed by atoms with Crippen molar-refractivity contribution in [2.45, 2.75) is 11.8 Å². The summed E-state index contributed by atoms with van der Waals surface area (Å²) in [7, 11) is -3.95. The van der Waals surface area contributed by atoms with Crippen molar-refractivity contribution in [3.8, 4) is 11.3 Å². The monoisotopic (exact) mass is 513 g/mol. The zero-order valence-electron chi connectivity index (χ0n) is 18.1. The number of ketones is 1. The second kappa shape index (κ2) is 9.72. The summed E-state index contributed by atoms with van der Waals surface area (Å²) in [6.45, 7) is 1.38. The lowest BCUT2D eigenvalue weighted by Crippen LogP contribution is -2.15. The van der Waals surface area contributed by atoms with Gasteiger partial charge in [0, 0.05) is 27.8 Å². The Labute approximate surface area is 203 Å². The number of aromatic nitrogens is 1. The Kier molecular flexibility index (Phi) is 6.72. The van der Waals surface area contributed by atoms with Gasteiger partial charge >= 0.3 is 0 Å². The molecule has 0 aliphatic carbocycles. The number of carbonyl (C=O) groups excluding carboxylic acids is 2. The molecule has 3 aromatic carbocycles. The SMILES string of the molecule is CC(=O)c1cccc(NS(=O)(=O)c2ccc(C(=O)Nc3nc(-c4ccc(F)c(F)c4)cs3)cc2)c1. The van der Waals surface area contributed by atoms with Gasteiger partial charge in [0.05, 0.1) is 10.6 Å². The van der Waals surface area contributed by atoms with E-state index in [2.05, 4.69) is 15.0 Å². The second-order valence-corrected chi connectivity index (χ2v) is 9.93. The van der Waals surface area contributed by atoms with Crippen LogP contribution in [-0.2, 0) is 10.0 Å². The summed E-state index contributed by atoms with van der Waals surface area (Å²) in [5.74, 6) is -2.69. The van der Waals surface area contributed by atoms with Crippen LogP contribution in [0, 0.1) is 11.6 Å². The van der Waals surface area contributed by atoms with Gasteiger partial charge in [-0.1, -0.05) is 12.1 Å². The Morgan fingerprint density at radius 1 is 0.914 bits per heavy atom. The molecule has 0 aliphatic rings. The molecule has 4 aromatic rings. The lowest BCUT2D eigenvalue weighted by Gasteiger charge is -2.09. The van der Waals surface area contributed by atoms with E-state index >= 15 is 0 Å². The number of thiazole rings is 1. The Hall–Kier alpha value is -3.96. The summed E-state index contributed by atoms with van der Waals surface area (Å²) in [6, 6.07) is 14.7. The van der Waals surface area contributed by atoms with E-state index in [1.165, 1.54) is 49.4 Å². The number of hydrogen-bond acceptors (Lipinski definition) is 6. The molecule has 0 radical (unpaired) electrons. The highest BCUT2D eigenvalue weighted by Crippen LogP contribution is 2.26. The fourth-order valence-electron chi connectivity index (χ4n) is 3.09. The van der Waals surface area contributed by atoms with Gasteiger partial charge in [0.2, 0.25) is 0 Å². The molecular weight excluding hydrogens is 496 g/mol. The average molecular weight is 514 g/mol. The molecule has 0 bridgehead atoms. The van der Waals surface area contributed by atoms with Crippen LogP contribution in [0.2, 0.25) is 0 Å². The molecular formula is C24H17F2N3O4S2. The van der Waals surface area contributed by atoms with Crippen molar-refractivity contribution in [2.75, 3.05) is 10.0 Å². The number of sulfonamides is 1. The molecule has 2 N–H and O–H groups in total. The maximum atomic E-state index is 13.5. The number of nitrogens with zero attached hydrogens (tertiary/aromatic N) is 1. The zero-order valence-corrected chi connectivity index (χ0v) is 19.7. The van der Waals surface area contributed by atoms with Crippen LogP contribution >= 0.6 is 11.3 Å². The minimum atomic E-state index is -3.95. The predicted octanol–water partition coefficient (Wildman–Crippen LogP) is 5.34. The first-order valence-electron chi connectivity index (χ1n) is 10.1. The zero-order chi connectivity index (χ0) is 25.2. The molecule has 0 fully saturated rings. The summed E-state index contributed by atoms with van der Waals surface area (Å²) in [5, 5.41) is 4.42. The summed E-state index contributed by atoms with van der Waals surface area (Å²) < 4.78 is 54.4. The van der Waals surface area contributed by atoms with Crippen LogP contribution in [0.25, 0.3) is 11.3 Å². The van der Waals surface area contributed by atoms with Gasteiger partial charge in [-0.15, -0.1) is 11.3 Å². The molecule has 1 heterocycles. The van der Waals surface area contributed by atoms with E-state index in [1.54, 1.807) is 17.5 Å². The third kappa shape index (κ3) is 5.58. The third-order valence-corrected chi connectivity index (χ3v) is 7.04. The highest BCUT2D eigenvalue weighted by atomic mass is 32.2. The molecule has 4 rings (SSSR count). The maximum absolute atomic E-state index is 13.5. The molecule has 0 unspecified atom stereocenters. The Morgan fingerprint density at radius 3 is 2.34 bits per heavy atom. The molecule has 0 saturated heterocycles. The van der Waals surface area contributed by atoms with Crippen molar-refractivity contribution in [1.29, 1.82) is 0 Å². The number of rotatable bonds is 7. The van der Waals surface area contributed by atoms with Crippen molar-refractivity contribution >= 4 is 43.9 Å². The number of nitrogens with one attached hydrogen (secondary N) is 2. The van der Waals surface area contributed by atoms with Gasteiger partial charge in [0.1, 0.15) is 0 Å². The van der Waals surface area contributed by atoms with Crippen LogP contribution in [0.5, 0.6) is 0 Å². The van der Waals surface area contributed by atoms with Gasteiger partial charge in [-0.3, -0.25) is 19.6 Å². The lowest BCUT2D eigenvalue weighted by molar-refractivity contribution is 0.101. The minimum Gasteiger partial charge on any atom is -0.298 e. The molecule has 0 aliphatic heterocycles. The molecule has 0 atom stereocenters. The van der Waals surface area contributed by atoms with Crippen molar-refractivity contribution in [3.05, 3.63) is 94.9 Å². The molecule has 35 heavy (non-hydrogen) atoms. The summed E-state index contributed by atoms with van der Waals surface area (Å²) in [6.07, 6.45) is 0. The first-order valence-corrected chi connectivity index (χ1v) is 12.4. The molecule has 0 spiro atoms. The fraction of sp³-hybridized carbons (Fsp3) is 0.0417. The van der Waals surface area contributed by atoms with E-state index in [0.29, 0.717) is 16.8 Å². The van der Waals surface area contributed by atoms with Gasteiger partial charge in [0.15, 0.2) is 22.5 Å². The lowest BCUT2D eigenvalue weighted by atomic mass is 10.1. The number of Topliss-reactive ketones (excluding diaryl/α,β-unsaturated/α-hetero) is 1. The van der Waals surface area contributed by atoms with E-state index in [-0.39, 0.29) is 27.1 Å². The third-order valence-electron chi connectivity index (χ3n) is 4.89. The van der Waals surface area contributed by atoms with Crippen molar-refractivity contribution in [3.63, 3.8) is 0 Å². The Bertz CT molecular complexity index is 1530. The molecule has 178 valence electrons. The van der Waals surface area contributed by atoms with Gasteiger partial charge in [-0.05, 0) is 61.5 Å². The molecule has 1 amide bonds. The minimum absolute atomic E-state index is 0.0721. The molecule has 1 aromatic heterocycles. The number of anilines is 2. The quantitative estimate of drug-likeness (QED) is 0.325. The van der Waals surface area contributed by atoms with Gasteiger partial charge in [-0.2, -0.15) is 0 Å². The fourth-order valence-corrected chi connectivity index (χ4v) is 4.85. The molecule has 0 saturated carbocycles. The highest BCUT2D eigenvalue weighted by Gasteiger charge is 2.17. The summed E-state index contributed by atoms with van der Waals surface area (Å²) in [4.78, 5) is 28.2. The van der Waals surface area contributed by atoms with E-state index < -0.39 is 27.6 Å². The van der Waals surface area contributed by atoms with Crippen molar-refractivity contribution in [1.82, 2.24) is 4.98 Å². The normalized spacial score (nSPS) is 11.2. The van der Waals surface area contributed by atoms with Gasteiger partial charge in [-0.25, -0.2) is 22.2 Å². The molecule has 7 nitrogen and oxygen atoms in total. The molecule has 11 heteroatoms. The Balaban J connectivity index is 1.45. The average Bonchev–Trinajstić information content (AvgIpc) is 3.29. The number of carbonyl (C=O) groups is 2. The van der Waals surface area contributed by atoms with Crippen LogP contribution in [0.15, 0.2) is 77.0 Å². The largest absolute Gasteiger partial charge is 0.298 e. The summed E-state index contributed by atoms with van der Waals surface area (Å²) >= 11 is 1.10. The van der Waals surface area contributed by atoms with Crippen molar-refractivity contribution < 1.29 is 26.8 Å². The number of hydrogen-bond donors (Lipinski definition) is 2. The van der Waals surface area contributed by atoms with E-state index in [0.717, 1.165) is 23.5 Å². The Morgan fingerprint density at radius 2 is 1.66 bits per heavy atom. The van der Waals surface area contributed by atoms with Gasteiger partial charge in [0.25, 0.3) is 15.9 Å². The topological polar surface area (TPSA) is 105 Å². The first kappa shape index (κ1) is 24.2. The van der Waals surface area contributed by atoms with Crippen LogP contribution in [-0.4, -0.2) is 25.1 Å². The number of halogens is 2. The number of amides is 1. The first-order chi connectivity index (χ1) is 16.6. The van der Waals surface area contributed by atoms with E-state index in [9.17, 15) is 26.8 Å². The van der Waals surface area contributed by atoms with Gasteiger partial charge < -0.3 is 0 Å². The summed E-state index contributed by atoms with van der Waals surface area (Å²) in [5.41, 5.74) is 1.52. The van der Waals surface area contributed by atoms with Crippen LogP contribution < -0.4 is 10.0 Å². The van der Waals surface area contributed by atoms with Crippen LogP contribution in [0.4, 0.5) is 19.6 Å². The number of benzene rings is 3. The van der Waals surface area contributed by atoms with Crippen LogP contribution in [0.1, 0.15) is 27.6 Å². The van der Waals surface area contributed by atoms with E-state index in [4.69, 9.17) is 0 Å². The second-order valence-electron chi connectivity index (χ2n) is 7.39. The standard InChI is InChI=1S/C24H17F2N3O4S2/c1-14(30)16-3-2-4-18(11-16)29-35(32,33)19-8-5-15(6-9-19)23(31)28-24-27-22(13-34-24)17-7-10-20(25)21(26)12-17/h2-13,29H,1H3,(H,27,28,31). The van der Waals surface area contributed by atoms with E-state index in [1.807, 2.05) is 0 Å². The van der Waals surface area contributed by atoms with Crippen molar-refractivity contribution in [2.24, 2.45) is 0 Å². The predicted molar refractivity (Wildman–Crippen MR) is 129 cm³/mol. The highest BCUT2D eigenvalue weighted by molar-refractivity contribution is 7.92. The smallest absolute Gasteiger partial charge is 0.261 e.